The predicted molar refractivity (Wildman–Crippen MR) is 91.8 cm³/mol. The molecule has 1 heterocycles. The van der Waals surface area contributed by atoms with Gasteiger partial charge in [0.2, 0.25) is 21.8 Å². The van der Waals surface area contributed by atoms with Crippen molar-refractivity contribution in [2.75, 3.05) is 32.4 Å². The van der Waals surface area contributed by atoms with Gasteiger partial charge in [-0.25, -0.2) is 8.42 Å². The quantitative estimate of drug-likeness (QED) is 0.775. The first-order valence-electron chi connectivity index (χ1n) is 8.75. The highest BCUT2D eigenvalue weighted by atomic mass is 32.2. The summed E-state index contributed by atoms with van der Waals surface area (Å²) in [5, 5.41) is 0. The first-order chi connectivity index (χ1) is 11.2. The fourth-order valence-corrected chi connectivity index (χ4v) is 4.27. The highest BCUT2D eigenvalue weighted by molar-refractivity contribution is 7.89. The maximum Gasteiger partial charge on any atom is 0.235 e. The zero-order chi connectivity index (χ0) is 17.7. The number of nitrogens with one attached hydrogen (secondary N) is 1. The Morgan fingerprint density at radius 1 is 1.12 bits per heavy atom. The van der Waals surface area contributed by atoms with E-state index in [4.69, 9.17) is 0 Å². The minimum atomic E-state index is -3.55. The van der Waals surface area contributed by atoms with E-state index in [1.165, 1.54) is 39.0 Å². The van der Waals surface area contributed by atoms with Crippen LogP contribution in [0.15, 0.2) is 0 Å². The van der Waals surface area contributed by atoms with E-state index < -0.39 is 15.9 Å². The molecule has 1 aliphatic heterocycles. The molecule has 24 heavy (non-hydrogen) atoms. The lowest BCUT2D eigenvalue weighted by molar-refractivity contribution is -0.133. The second-order valence-corrected chi connectivity index (χ2v) is 8.87. The van der Waals surface area contributed by atoms with Crippen LogP contribution in [-0.4, -0.2) is 68.5 Å². The molecule has 0 spiro atoms. The summed E-state index contributed by atoms with van der Waals surface area (Å²) in [4.78, 5) is 27.7. The number of sulfonamides is 1. The van der Waals surface area contributed by atoms with E-state index in [1.54, 1.807) is 4.90 Å². The van der Waals surface area contributed by atoms with E-state index in [1.807, 2.05) is 4.72 Å². The Balaban J connectivity index is 2.00. The number of carbonyl (C=O) groups is 2. The smallest absolute Gasteiger partial charge is 0.235 e. The van der Waals surface area contributed by atoms with Gasteiger partial charge in [-0.3, -0.25) is 19.2 Å². The first-order valence-corrected chi connectivity index (χ1v) is 10.6. The van der Waals surface area contributed by atoms with E-state index in [0.29, 0.717) is 19.0 Å². The molecule has 1 saturated heterocycles. The van der Waals surface area contributed by atoms with Gasteiger partial charge in [0.25, 0.3) is 0 Å². The van der Waals surface area contributed by atoms with Gasteiger partial charge in [0.05, 0.1) is 6.26 Å². The molecule has 7 nitrogen and oxygen atoms in total. The van der Waals surface area contributed by atoms with Crippen molar-refractivity contribution in [2.45, 2.75) is 51.5 Å². The third-order valence-electron chi connectivity index (χ3n) is 4.99. The topological polar surface area (TPSA) is 86.8 Å². The maximum absolute atomic E-state index is 12.0. The monoisotopic (exact) mass is 359 g/mol. The summed E-state index contributed by atoms with van der Waals surface area (Å²) < 4.78 is 24.5. The van der Waals surface area contributed by atoms with Crippen molar-refractivity contribution >= 4 is 21.8 Å². The number of rotatable bonds is 5. The number of piperazine rings is 1. The van der Waals surface area contributed by atoms with Crippen LogP contribution in [0.5, 0.6) is 0 Å². The van der Waals surface area contributed by atoms with E-state index >= 15 is 0 Å². The van der Waals surface area contributed by atoms with Gasteiger partial charge in [-0.2, -0.15) is 0 Å². The lowest BCUT2D eigenvalue weighted by Gasteiger charge is -2.42. The van der Waals surface area contributed by atoms with E-state index in [0.717, 1.165) is 19.3 Å². The second-order valence-electron chi connectivity index (χ2n) is 7.12. The summed E-state index contributed by atoms with van der Waals surface area (Å²) in [5.41, 5.74) is 0. The zero-order valence-corrected chi connectivity index (χ0v) is 15.5. The molecule has 0 aromatic carbocycles. The molecule has 0 aromatic heterocycles. The molecule has 0 aromatic rings. The molecule has 2 amide bonds. The van der Waals surface area contributed by atoms with E-state index in [-0.39, 0.29) is 18.4 Å². The minimum Gasteiger partial charge on any atom is -0.340 e. The van der Waals surface area contributed by atoms with Crippen LogP contribution in [0, 0.1) is 5.92 Å². The summed E-state index contributed by atoms with van der Waals surface area (Å²) in [6.45, 7) is 4.37. The van der Waals surface area contributed by atoms with Gasteiger partial charge in [-0.15, -0.1) is 0 Å². The molecular weight excluding hydrogens is 330 g/mol. The van der Waals surface area contributed by atoms with Crippen LogP contribution in [0.1, 0.15) is 45.4 Å². The zero-order valence-electron chi connectivity index (χ0n) is 14.7. The third-order valence-corrected chi connectivity index (χ3v) is 5.59. The Bertz CT molecular complexity index is 558. The van der Waals surface area contributed by atoms with Crippen molar-refractivity contribution in [1.29, 1.82) is 0 Å². The van der Waals surface area contributed by atoms with Crippen molar-refractivity contribution in [3.05, 3.63) is 0 Å². The molecule has 1 saturated carbocycles. The molecule has 2 aliphatic rings. The standard InChI is InChI=1S/C16H29N3O4S/c1-13(20)18-8-9-19(11-14-6-4-3-5-7-14)15(12-18)10-16(21)17-24(2,22)23/h14-15H,3-12H2,1-2H3,(H,17,21). The minimum absolute atomic E-state index is 0.000776. The van der Waals surface area contributed by atoms with Crippen molar-refractivity contribution in [3.8, 4) is 0 Å². The van der Waals surface area contributed by atoms with Crippen molar-refractivity contribution in [3.63, 3.8) is 0 Å². The summed E-state index contributed by atoms with van der Waals surface area (Å²) >= 11 is 0. The molecule has 2 rings (SSSR count). The van der Waals surface area contributed by atoms with Gasteiger partial charge in [0.1, 0.15) is 0 Å². The van der Waals surface area contributed by atoms with Gasteiger partial charge < -0.3 is 4.90 Å². The second kappa shape index (κ2) is 8.29. The molecule has 2 fully saturated rings. The molecule has 1 aliphatic carbocycles. The van der Waals surface area contributed by atoms with Crippen LogP contribution >= 0.6 is 0 Å². The number of hydrogen-bond donors (Lipinski definition) is 1. The fourth-order valence-electron chi connectivity index (χ4n) is 3.78. The van der Waals surface area contributed by atoms with Gasteiger partial charge in [-0.05, 0) is 18.8 Å². The Labute approximate surface area is 144 Å². The average molecular weight is 359 g/mol. The molecule has 8 heteroatoms. The van der Waals surface area contributed by atoms with Gasteiger partial charge in [0.15, 0.2) is 0 Å². The lowest BCUT2D eigenvalue weighted by atomic mass is 9.88. The SMILES string of the molecule is CC(=O)N1CCN(CC2CCCCC2)C(CC(=O)NS(C)(=O)=O)C1. The Kier molecular flexibility index (Phi) is 6.62. The fraction of sp³-hybridized carbons (Fsp3) is 0.875. The first kappa shape index (κ1) is 19.2. The number of nitrogens with zero attached hydrogens (tertiary/aromatic N) is 2. The highest BCUT2D eigenvalue weighted by Crippen LogP contribution is 2.26. The third kappa shape index (κ3) is 6.05. The average Bonchev–Trinajstić information content (AvgIpc) is 2.48. The Morgan fingerprint density at radius 2 is 1.79 bits per heavy atom. The van der Waals surface area contributed by atoms with Crippen molar-refractivity contribution in [2.24, 2.45) is 5.92 Å². The molecule has 1 unspecified atom stereocenters. The molecule has 0 bridgehead atoms. The Hall–Kier alpha value is -1.15. The number of amides is 2. The summed E-state index contributed by atoms with van der Waals surface area (Å²) in [6.07, 6.45) is 7.34. The van der Waals surface area contributed by atoms with Crippen molar-refractivity contribution < 1.29 is 18.0 Å². The predicted octanol–water partition coefficient (Wildman–Crippen LogP) is 0.565. The lowest BCUT2D eigenvalue weighted by Crippen LogP contribution is -2.56. The summed E-state index contributed by atoms with van der Waals surface area (Å²) in [7, 11) is -3.55. The molecular formula is C16H29N3O4S. The van der Waals surface area contributed by atoms with E-state index in [2.05, 4.69) is 4.90 Å². The van der Waals surface area contributed by atoms with Gasteiger partial charge in [-0.1, -0.05) is 19.3 Å². The number of carbonyl (C=O) groups excluding carboxylic acids is 2. The summed E-state index contributed by atoms with van der Waals surface area (Å²) in [5.74, 6) is 0.144. The van der Waals surface area contributed by atoms with Crippen LogP contribution in [0.4, 0.5) is 0 Å². The van der Waals surface area contributed by atoms with Crippen molar-refractivity contribution in [1.82, 2.24) is 14.5 Å². The molecule has 1 atom stereocenters. The summed E-state index contributed by atoms with van der Waals surface area (Å²) in [6, 6.07) is -0.119. The number of hydrogen-bond acceptors (Lipinski definition) is 5. The largest absolute Gasteiger partial charge is 0.340 e. The van der Waals surface area contributed by atoms with Gasteiger partial charge >= 0.3 is 0 Å². The normalized spacial score (nSPS) is 23.9. The Morgan fingerprint density at radius 3 is 2.38 bits per heavy atom. The van der Waals surface area contributed by atoms with Crippen LogP contribution in [0.3, 0.4) is 0 Å². The van der Waals surface area contributed by atoms with Crippen LogP contribution in [-0.2, 0) is 19.6 Å². The highest BCUT2D eigenvalue weighted by Gasteiger charge is 2.32. The maximum atomic E-state index is 12.0. The molecule has 138 valence electrons. The van der Waals surface area contributed by atoms with E-state index in [9.17, 15) is 18.0 Å². The molecule has 0 radical (unpaired) electrons. The van der Waals surface area contributed by atoms with Crippen LogP contribution < -0.4 is 4.72 Å². The van der Waals surface area contributed by atoms with Crippen LogP contribution in [0.2, 0.25) is 0 Å². The van der Waals surface area contributed by atoms with Gasteiger partial charge in [0, 0.05) is 45.6 Å². The van der Waals surface area contributed by atoms with Crippen LogP contribution in [0.25, 0.3) is 0 Å². The molecule has 1 N–H and O–H groups in total.